The van der Waals surface area contributed by atoms with E-state index in [2.05, 4.69) is 25.9 Å². The Balaban J connectivity index is 2.14. The second kappa shape index (κ2) is 4.25. The summed E-state index contributed by atoms with van der Waals surface area (Å²) < 4.78 is 0. The molecular formula is C8H12N6O2. The van der Waals surface area contributed by atoms with E-state index in [1.165, 1.54) is 4.90 Å². The van der Waals surface area contributed by atoms with Crippen molar-refractivity contribution in [1.82, 2.24) is 30.8 Å². The Kier molecular flexibility index (Phi) is 2.80. The molecule has 1 unspecified atom stereocenters. The largest absolute Gasteiger partial charge is 0.357 e. The van der Waals surface area contributed by atoms with Crippen LogP contribution in [-0.4, -0.2) is 57.0 Å². The Morgan fingerprint density at radius 2 is 2.38 bits per heavy atom. The number of aromatic amines is 1. The highest BCUT2D eigenvalue weighted by atomic mass is 16.2. The lowest BCUT2D eigenvalue weighted by Gasteiger charge is -2.21. The summed E-state index contributed by atoms with van der Waals surface area (Å²) in [4.78, 5) is 24.9. The van der Waals surface area contributed by atoms with Gasteiger partial charge in [-0.05, 0) is 18.1 Å². The molecule has 0 bridgehead atoms. The topological polar surface area (TPSA) is 104 Å². The van der Waals surface area contributed by atoms with E-state index in [1.807, 2.05) is 0 Å². The maximum Gasteiger partial charge on any atom is 0.296 e. The van der Waals surface area contributed by atoms with Crippen LogP contribution < -0.4 is 5.32 Å². The lowest BCUT2D eigenvalue weighted by molar-refractivity contribution is -0.124. The number of rotatable bonds is 2. The third-order valence-corrected chi connectivity index (χ3v) is 2.60. The van der Waals surface area contributed by atoms with Gasteiger partial charge in [0, 0.05) is 13.6 Å². The molecule has 0 aliphatic carbocycles. The number of hydrogen-bond donors (Lipinski definition) is 2. The molecule has 0 saturated carbocycles. The van der Waals surface area contributed by atoms with Crippen LogP contribution in [0.3, 0.4) is 0 Å². The van der Waals surface area contributed by atoms with E-state index in [1.54, 1.807) is 7.05 Å². The van der Waals surface area contributed by atoms with Gasteiger partial charge >= 0.3 is 0 Å². The van der Waals surface area contributed by atoms with Gasteiger partial charge in [-0.1, -0.05) is 0 Å². The number of nitrogens with one attached hydrogen (secondary N) is 2. The molecule has 1 aromatic heterocycles. The molecule has 16 heavy (non-hydrogen) atoms. The predicted molar refractivity (Wildman–Crippen MR) is 52.3 cm³/mol. The maximum absolute atomic E-state index is 11.9. The highest BCUT2D eigenvalue weighted by Gasteiger charge is 2.35. The van der Waals surface area contributed by atoms with Crippen LogP contribution in [-0.2, 0) is 4.79 Å². The summed E-state index contributed by atoms with van der Waals surface area (Å²) in [6.45, 7) is 0.547. The third kappa shape index (κ3) is 1.73. The summed E-state index contributed by atoms with van der Waals surface area (Å²) in [6.07, 6.45) is 1.48. The zero-order chi connectivity index (χ0) is 11.5. The molecule has 1 aliphatic heterocycles. The summed E-state index contributed by atoms with van der Waals surface area (Å²) >= 11 is 0. The van der Waals surface area contributed by atoms with Crippen molar-refractivity contribution in [3.05, 3.63) is 5.82 Å². The molecule has 86 valence electrons. The minimum atomic E-state index is -0.420. The molecule has 1 aromatic rings. The summed E-state index contributed by atoms with van der Waals surface area (Å²) in [5, 5.41) is 15.3. The molecule has 2 rings (SSSR count). The first-order chi connectivity index (χ1) is 7.74. The molecule has 2 N–H and O–H groups in total. The summed E-state index contributed by atoms with van der Waals surface area (Å²) in [5.74, 6) is -0.523. The molecule has 2 heterocycles. The van der Waals surface area contributed by atoms with Crippen molar-refractivity contribution >= 4 is 11.8 Å². The van der Waals surface area contributed by atoms with Crippen LogP contribution in [0.25, 0.3) is 0 Å². The number of tetrazole rings is 1. The molecule has 0 aromatic carbocycles. The highest BCUT2D eigenvalue weighted by molar-refractivity contribution is 5.95. The first kappa shape index (κ1) is 10.5. The Bertz CT molecular complexity index is 389. The Morgan fingerprint density at radius 1 is 1.56 bits per heavy atom. The van der Waals surface area contributed by atoms with Crippen LogP contribution >= 0.6 is 0 Å². The number of H-pyrrole nitrogens is 1. The average Bonchev–Trinajstić information content (AvgIpc) is 2.97. The van der Waals surface area contributed by atoms with Gasteiger partial charge in [0.2, 0.25) is 5.91 Å². The van der Waals surface area contributed by atoms with E-state index in [-0.39, 0.29) is 17.6 Å². The van der Waals surface area contributed by atoms with Gasteiger partial charge in [-0.25, -0.2) is 0 Å². The van der Waals surface area contributed by atoms with Gasteiger partial charge in [0.1, 0.15) is 6.04 Å². The zero-order valence-corrected chi connectivity index (χ0v) is 8.80. The molecule has 1 saturated heterocycles. The molecule has 0 spiro atoms. The molecule has 2 amide bonds. The number of carbonyl (C=O) groups excluding carboxylic acids is 2. The van der Waals surface area contributed by atoms with Gasteiger partial charge in [-0.3, -0.25) is 9.59 Å². The van der Waals surface area contributed by atoms with E-state index in [0.29, 0.717) is 13.0 Å². The number of likely N-dealkylation sites (N-methyl/N-ethyl adjacent to an activating group) is 1. The number of nitrogens with zero attached hydrogens (tertiary/aromatic N) is 4. The maximum atomic E-state index is 11.9. The van der Waals surface area contributed by atoms with E-state index in [9.17, 15) is 9.59 Å². The molecule has 0 radical (unpaired) electrons. The smallest absolute Gasteiger partial charge is 0.296 e. The SMILES string of the molecule is CNC(=O)C1CCCN1C(=O)c1nn[nH]n1. The zero-order valence-electron chi connectivity index (χ0n) is 8.80. The number of aromatic nitrogens is 4. The summed E-state index contributed by atoms with van der Waals surface area (Å²) in [7, 11) is 1.55. The van der Waals surface area contributed by atoms with Crippen molar-refractivity contribution in [1.29, 1.82) is 0 Å². The first-order valence-electron chi connectivity index (χ1n) is 5.00. The van der Waals surface area contributed by atoms with Crippen LogP contribution in [0.2, 0.25) is 0 Å². The number of likely N-dealkylation sites (tertiary alicyclic amines) is 1. The quantitative estimate of drug-likeness (QED) is 0.639. The Morgan fingerprint density at radius 3 is 3.00 bits per heavy atom. The minimum absolute atomic E-state index is 0.00389. The molecule has 1 fully saturated rings. The van der Waals surface area contributed by atoms with Crippen molar-refractivity contribution in [2.75, 3.05) is 13.6 Å². The van der Waals surface area contributed by atoms with Crippen molar-refractivity contribution in [3.63, 3.8) is 0 Å². The third-order valence-electron chi connectivity index (χ3n) is 2.60. The van der Waals surface area contributed by atoms with Crippen LogP contribution in [0.1, 0.15) is 23.5 Å². The molecule has 8 nitrogen and oxygen atoms in total. The fraction of sp³-hybridized carbons (Fsp3) is 0.625. The number of hydrogen-bond acceptors (Lipinski definition) is 5. The van der Waals surface area contributed by atoms with Crippen molar-refractivity contribution in [2.45, 2.75) is 18.9 Å². The van der Waals surface area contributed by atoms with Crippen molar-refractivity contribution < 1.29 is 9.59 Å². The normalized spacial score (nSPS) is 19.8. The van der Waals surface area contributed by atoms with Gasteiger partial charge in [0.05, 0.1) is 0 Å². The number of amides is 2. The monoisotopic (exact) mass is 224 g/mol. The summed E-state index contributed by atoms with van der Waals surface area (Å²) in [6, 6.07) is -0.420. The second-order valence-corrected chi connectivity index (χ2v) is 3.51. The fourth-order valence-corrected chi connectivity index (χ4v) is 1.83. The first-order valence-corrected chi connectivity index (χ1v) is 5.00. The van der Waals surface area contributed by atoms with Crippen molar-refractivity contribution in [3.8, 4) is 0 Å². The predicted octanol–water partition coefficient (Wildman–Crippen LogP) is -1.45. The standard InChI is InChI=1S/C8H12N6O2/c1-9-7(15)5-3-2-4-14(5)8(16)6-10-12-13-11-6/h5H,2-4H2,1H3,(H,9,15)(H,10,11,12,13). The van der Waals surface area contributed by atoms with E-state index >= 15 is 0 Å². The van der Waals surface area contributed by atoms with Gasteiger partial charge in [-0.15, -0.1) is 10.2 Å². The average molecular weight is 224 g/mol. The molecule has 1 aliphatic rings. The van der Waals surface area contributed by atoms with Gasteiger partial charge in [0.25, 0.3) is 11.7 Å². The van der Waals surface area contributed by atoms with E-state index < -0.39 is 6.04 Å². The van der Waals surface area contributed by atoms with Gasteiger partial charge < -0.3 is 10.2 Å². The molecule has 1 atom stereocenters. The second-order valence-electron chi connectivity index (χ2n) is 3.51. The Labute approximate surface area is 91.4 Å². The van der Waals surface area contributed by atoms with Crippen LogP contribution in [0.4, 0.5) is 0 Å². The van der Waals surface area contributed by atoms with Gasteiger partial charge in [-0.2, -0.15) is 5.21 Å². The van der Waals surface area contributed by atoms with E-state index in [0.717, 1.165) is 6.42 Å². The fourth-order valence-electron chi connectivity index (χ4n) is 1.83. The number of carbonyl (C=O) groups is 2. The van der Waals surface area contributed by atoms with Gasteiger partial charge in [0.15, 0.2) is 0 Å². The summed E-state index contributed by atoms with van der Waals surface area (Å²) in [5.41, 5.74) is 0. The van der Waals surface area contributed by atoms with Crippen molar-refractivity contribution in [2.24, 2.45) is 0 Å². The van der Waals surface area contributed by atoms with Crippen LogP contribution in [0.5, 0.6) is 0 Å². The van der Waals surface area contributed by atoms with E-state index in [4.69, 9.17) is 0 Å². The van der Waals surface area contributed by atoms with Crippen LogP contribution in [0, 0.1) is 0 Å². The Hall–Kier alpha value is -1.99. The molecule has 8 heteroatoms. The highest BCUT2D eigenvalue weighted by Crippen LogP contribution is 2.18. The minimum Gasteiger partial charge on any atom is -0.357 e. The lowest BCUT2D eigenvalue weighted by Crippen LogP contribution is -2.45. The molecular weight excluding hydrogens is 212 g/mol. The van der Waals surface area contributed by atoms with Crippen LogP contribution in [0.15, 0.2) is 0 Å². The lowest BCUT2D eigenvalue weighted by atomic mass is 10.2.